The van der Waals surface area contributed by atoms with Crippen molar-refractivity contribution >= 4 is 0 Å². The van der Waals surface area contributed by atoms with Crippen LogP contribution in [0.1, 0.15) is 26.2 Å². The standard InChI is InChI=1S/C10H14N2O2/c1-2-13-9-7-12-6-4-3-5-10(12,8-11)14-9/h7H,2-6H2,1H3. The summed E-state index contributed by atoms with van der Waals surface area (Å²) >= 11 is 0. The Morgan fingerprint density at radius 2 is 2.57 bits per heavy atom. The molecule has 0 saturated carbocycles. The summed E-state index contributed by atoms with van der Waals surface area (Å²) < 4.78 is 10.8. The highest BCUT2D eigenvalue weighted by Gasteiger charge is 2.45. The second-order valence-corrected chi connectivity index (χ2v) is 3.53. The lowest BCUT2D eigenvalue weighted by atomic mass is 10.0. The van der Waals surface area contributed by atoms with E-state index in [2.05, 4.69) is 6.07 Å². The molecule has 1 atom stereocenters. The maximum atomic E-state index is 9.13. The normalized spacial score (nSPS) is 30.0. The zero-order valence-electron chi connectivity index (χ0n) is 8.32. The molecule has 0 aliphatic carbocycles. The number of nitriles is 1. The third-order valence-electron chi connectivity index (χ3n) is 2.62. The molecule has 0 spiro atoms. The average molecular weight is 194 g/mol. The van der Waals surface area contributed by atoms with E-state index < -0.39 is 5.72 Å². The van der Waals surface area contributed by atoms with Crippen LogP contribution in [0.2, 0.25) is 0 Å². The van der Waals surface area contributed by atoms with Gasteiger partial charge in [-0.1, -0.05) is 0 Å². The summed E-state index contributed by atoms with van der Waals surface area (Å²) in [7, 11) is 0. The first-order valence-corrected chi connectivity index (χ1v) is 5.02. The number of hydrogen-bond acceptors (Lipinski definition) is 4. The fraction of sp³-hybridized carbons (Fsp3) is 0.700. The van der Waals surface area contributed by atoms with Crippen LogP contribution in [0, 0.1) is 11.3 Å². The molecule has 1 fully saturated rings. The Hall–Kier alpha value is -1.37. The van der Waals surface area contributed by atoms with Gasteiger partial charge in [-0.2, -0.15) is 5.26 Å². The lowest BCUT2D eigenvalue weighted by molar-refractivity contribution is -0.0889. The molecule has 2 rings (SSSR count). The summed E-state index contributed by atoms with van der Waals surface area (Å²) in [5.74, 6) is 0.482. The second-order valence-electron chi connectivity index (χ2n) is 3.53. The van der Waals surface area contributed by atoms with Gasteiger partial charge in [0.1, 0.15) is 6.07 Å². The van der Waals surface area contributed by atoms with Gasteiger partial charge in [0.25, 0.3) is 11.7 Å². The average Bonchev–Trinajstić information content (AvgIpc) is 2.57. The molecule has 1 unspecified atom stereocenters. The quantitative estimate of drug-likeness (QED) is 0.669. The van der Waals surface area contributed by atoms with Crippen molar-refractivity contribution in [2.45, 2.75) is 31.9 Å². The molecule has 0 aromatic carbocycles. The van der Waals surface area contributed by atoms with Crippen LogP contribution in [-0.4, -0.2) is 23.8 Å². The molecule has 0 N–H and O–H groups in total. The Balaban J connectivity index is 2.15. The molecule has 2 aliphatic heterocycles. The zero-order chi connectivity index (χ0) is 10.0. The lowest BCUT2D eigenvalue weighted by Crippen LogP contribution is -2.46. The second kappa shape index (κ2) is 3.41. The summed E-state index contributed by atoms with van der Waals surface area (Å²) in [6.45, 7) is 3.35. The number of hydrogen-bond donors (Lipinski definition) is 0. The van der Waals surface area contributed by atoms with Crippen LogP contribution in [0.4, 0.5) is 0 Å². The number of piperidine rings is 1. The summed E-state index contributed by atoms with van der Waals surface area (Å²) in [5.41, 5.74) is -0.775. The molecule has 0 aromatic rings. The molecule has 0 aromatic heterocycles. The van der Waals surface area contributed by atoms with Gasteiger partial charge in [0.2, 0.25) is 0 Å². The van der Waals surface area contributed by atoms with Gasteiger partial charge >= 0.3 is 0 Å². The number of fused-ring (bicyclic) bond motifs is 1. The van der Waals surface area contributed by atoms with Gasteiger partial charge in [0.15, 0.2) is 0 Å². The minimum Gasteiger partial charge on any atom is -0.465 e. The van der Waals surface area contributed by atoms with Crippen LogP contribution in [0.5, 0.6) is 0 Å². The molecule has 0 amide bonds. The van der Waals surface area contributed by atoms with Crippen LogP contribution in [-0.2, 0) is 9.47 Å². The van der Waals surface area contributed by atoms with Crippen molar-refractivity contribution in [3.05, 3.63) is 12.1 Å². The van der Waals surface area contributed by atoms with Gasteiger partial charge in [0.05, 0.1) is 12.8 Å². The molecule has 2 aliphatic rings. The topological polar surface area (TPSA) is 45.5 Å². The monoisotopic (exact) mass is 194 g/mol. The number of ether oxygens (including phenoxy) is 2. The Morgan fingerprint density at radius 3 is 3.21 bits per heavy atom. The third-order valence-corrected chi connectivity index (χ3v) is 2.62. The van der Waals surface area contributed by atoms with Crippen molar-refractivity contribution in [3.63, 3.8) is 0 Å². The Bertz CT molecular complexity index is 295. The first kappa shape index (κ1) is 9.20. The van der Waals surface area contributed by atoms with Gasteiger partial charge < -0.3 is 14.4 Å². The summed E-state index contributed by atoms with van der Waals surface area (Å²) in [6.07, 6.45) is 4.72. The highest BCUT2D eigenvalue weighted by atomic mass is 16.7. The number of rotatable bonds is 2. The van der Waals surface area contributed by atoms with Crippen molar-refractivity contribution in [1.29, 1.82) is 5.26 Å². The SMILES string of the molecule is CCOC1=CN2CCCCC2(C#N)O1. The van der Waals surface area contributed by atoms with Crippen LogP contribution in [0.15, 0.2) is 12.1 Å². The molecule has 4 nitrogen and oxygen atoms in total. The summed E-state index contributed by atoms with van der Waals surface area (Å²) in [6, 6.07) is 2.24. The predicted molar refractivity (Wildman–Crippen MR) is 49.7 cm³/mol. The smallest absolute Gasteiger partial charge is 0.299 e. The van der Waals surface area contributed by atoms with Gasteiger partial charge in [-0.15, -0.1) is 0 Å². The highest BCUT2D eigenvalue weighted by molar-refractivity contribution is 5.13. The Labute approximate surface area is 83.7 Å². The maximum absolute atomic E-state index is 9.13. The third kappa shape index (κ3) is 1.29. The van der Waals surface area contributed by atoms with Gasteiger partial charge in [0, 0.05) is 13.0 Å². The largest absolute Gasteiger partial charge is 0.465 e. The van der Waals surface area contributed by atoms with Crippen molar-refractivity contribution in [2.24, 2.45) is 0 Å². The highest BCUT2D eigenvalue weighted by Crippen LogP contribution is 2.36. The van der Waals surface area contributed by atoms with Crippen LogP contribution in [0.3, 0.4) is 0 Å². The van der Waals surface area contributed by atoms with E-state index in [9.17, 15) is 0 Å². The first-order chi connectivity index (χ1) is 6.80. The fourth-order valence-corrected chi connectivity index (χ4v) is 1.92. The van der Waals surface area contributed by atoms with E-state index in [1.807, 2.05) is 18.0 Å². The summed E-state index contributed by atoms with van der Waals surface area (Å²) in [5, 5.41) is 9.13. The zero-order valence-corrected chi connectivity index (χ0v) is 8.32. The first-order valence-electron chi connectivity index (χ1n) is 5.02. The van der Waals surface area contributed by atoms with E-state index in [0.717, 1.165) is 25.8 Å². The van der Waals surface area contributed by atoms with Crippen molar-refractivity contribution in [1.82, 2.24) is 4.90 Å². The Kier molecular flexibility index (Phi) is 2.24. The van der Waals surface area contributed by atoms with Gasteiger partial charge in [-0.25, -0.2) is 0 Å². The molecule has 1 saturated heterocycles. The molecule has 2 heterocycles. The van der Waals surface area contributed by atoms with E-state index in [1.54, 1.807) is 0 Å². The molecule has 0 bridgehead atoms. The van der Waals surface area contributed by atoms with Crippen LogP contribution >= 0.6 is 0 Å². The van der Waals surface area contributed by atoms with Gasteiger partial charge in [-0.3, -0.25) is 0 Å². The van der Waals surface area contributed by atoms with E-state index in [4.69, 9.17) is 14.7 Å². The van der Waals surface area contributed by atoms with E-state index in [0.29, 0.717) is 12.6 Å². The molecule has 76 valence electrons. The van der Waals surface area contributed by atoms with E-state index in [-0.39, 0.29) is 0 Å². The number of nitrogens with zero attached hydrogens (tertiary/aromatic N) is 2. The lowest BCUT2D eigenvalue weighted by Gasteiger charge is -2.35. The van der Waals surface area contributed by atoms with Crippen molar-refractivity contribution < 1.29 is 9.47 Å². The maximum Gasteiger partial charge on any atom is 0.299 e. The van der Waals surface area contributed by atoms with Crippen molar-refractivity contribution in [3.8, 4) is 6.07 Å². The van der Waals surface area contributed by atoms with Crippen LogP contribution < -0.4 is 0 Å². The summed E-state index contributed by atoms with van der Waals surface area (Å²) in [4.78, 5) is 1.95. The van der Waals surface area contributed by atoms with Crippen LogP contribution in [0.25, 0.3) is 0 Å². The molecule has 4 heteroatoms. The predicted octanol–water partition coefficient (Wildman–Crippen LogP) is 1.56. The van der Waals surface area contributed by atoms with E-state index >= 15 is 0 Å². The minimum absolute atomic E-state index is 0.482. The van der Waals surface area contributed by atoms with E-state index in [1.165, 1.54) is 0 Å². The molecular weight excluding hydrogens is 180 g/mol. The molecule has 0 radical (unpaired) electrons. The van der Waals surface area contributed by atoms with Gasteiger partial charge in [-0.05, 0) is 19.8 Å². The molecule has 14 heavy (non-hydrogen) atoms. The molecular formula is C10H14N2O2. The fourth-order valence-electron chi connectivity index (χ4n) is 1.92. The van der Waals surface area contributed by atoms with Crippen molar-refractivity contribution in [2.75, 3.05) is 13.2 Å². The Morgan fingerprint density at radius 1 is 1.71 bits per heavy atom. The minimum atomic E-state index is -0.775.